The smallest absolute Gasteiger partial charge is 0.268 e. The summed E-state index contributed by atoms with van der Waals surface area (Å²) < 4.78 is 39.7. The molecule has 0 aliphatic carbocycles. The summed E-state index contributed by atoms with van der Waals surface area (Å²) in [5.74, 6) is 0. The first-order valence-corrected chi connectivity index (χ1v) is 5.11. The molecule has 2 nitrogen and oxygen atoms in total. The van der Waals surface area contributed by atoms with Crippen molar-refractivity contribution in [2.45, 2.75) is 19.6 Å². The Kier molecular flexibility index (Phi) is 2.92. The summed E-state index contributed by atoms with van der Waals surface area (Å²) in [7, 11) is 0. The van der Waals surface area contributed by atoms with Crippen LogP contribution in [0.1, 0.15) is 16.7 Å². The van der Waals surface area contributed by atoms with Crippen LogP contribution in [0.25, 0.3) is 0 Å². The summed E-state index contributed by atoms with van der Waals surface area (Å²) >= 11 is 0. The molecule has 5 heteroatoms. The molecule has 0 spiro atoms. The lowest BCUT2D eigenvalue weighted by atomic mass is 10.0. The van der Waals surface area contributed by atoms with Gasteiger partial charge in [0, 0.05) is 12.4 Å². The highest BCUT2D eigenvalue weighted by atomic mass is 19.4. The zero-order valence-corrected chi connectivity index (χ0v) is 9.20. The number of nitrogens with zero attached hydrogens (tertiary/aromatic N) is 2. The number of halogens is 3. The van der Waals surface area contributed by atoms with Crippen LogP contribution in [0.2, 0.25) is 0 Å². The molecule has 2 aromatic rings. The molecule has 2 rings (SSSR count). The lowest BCUT2D eigenvalue weighted by Gasteiger charge is -2.13. The zero-order valence-electron chi connectivity index (χ0n) is 9.20. The van der Waals surface area contributed by atoms with Crippen LogP contribution >= 0.6 is 0 Å². The van der Waals surface area contributed by atoms with Gasteiger partial charge in [0.15, 0.2) is 0 Å². The molecule has 0 radical (unpaired) electrons. The standard InChI is InChI=1S/C12H11F3N2/c1-9-10(8-17-7-3-6-16-17)4-2-5-11(9)12(13,14)15/h2-7H,8H2,1H3. The van der Waals surface area contributed by atoms with Gasteiger partial charge < -0.3 is 0 Å². The van der Waals surface area contributed by atoms with Crippen molar-refractivity contribution in [1.82, 2.24) is 9.78 Å². The minimum absolute atomic E-state index is 0.260. The highest BCUT2D eigenvalue weighted by Crippen LogP contribution is 2.32. The van der Waals surface area contributed by atoms with Gasteiger partial charge in [-0.2, -0.15) is 18.3 Å². The maximum atomic E-state index is 12.7. The van der Waals surface area contributed by atoms with Crippen LogP contribution in [-0.4, -0.2) is 9.78 Å². The third-order valence-corrected chi connectivity index (χ3v) is 2.64. The number of hydrogen-bond acceptors (Lipinski definition) is 1. The summed E-state index contributed by atoms with van der Waals surface area (Å²) in [6, 6.07) is 5.95. The van der Waals surface area contributed by atoms with Crippen molar-refractivity contribution < 1.29 is 13.2 Å². The average molecular weight is 240 g/mol. The number of alkyl halides is 3. The minimum atomic E-state index is -4.30. The monoisotopic (exact) mass is 240 g/mol. The first-order chi connectivity index (χ1) is 7.98. The van der Waals surface area contributed by atoms with Gasteiger partial charge >= 0.3 is 6.18 Å². The zero-order chi connectivity index (χ0) is 12.5. The largest absolute Gasteiger partial charge is 0.416 e. The van der Waals surface area contributed by atoms with Crippen molar-refractivity contribution in [2.24, 2.45) is 0 Å². The molecule has 90 valence electrons. The Hall–Kier alpha value is -1.78. The lowest BCUT2D eigenvalue weighted by Crippen LogP contribution is -2.10. The number of hydrogen-bond donors (Lipinski definition) is 0. The van der Waals surface area contributed by atoms with Gasteiger partial charge in [-0.05, 0) is 30.2 Å². The lowest BCUT2D eigenvalue weighted by molar-refractivity contribution is -0.138. The van der Waals surface area contributed by atoms with Gasteiger partial charge in [-0.15, -0.1) is 0 Å². The minimum Gasteiger partial charge on any atom is -0.268 e. The number of rotatable bonds is 2. The Bertz CT molecular complexity index is 501. The Morgan fingerprint density at radius 3 is 2.59 bits per heavy atom. The molecule has 0 saturated heterocycles. The van der Waals surface area contributed by atoms with Crippen molar-refractivity contribution in [3.8, 4) is 0 Å². The van der Waals surface area contributed by atoms with Crippen LogP contribution in [0.5, 0.6) is 0 Å². The van der Waals surface area contributed by atoms with E-state index in [1.165, 1.54) is 13.0 Å². The fraction of sp³-hybridized carbons (Fsp3) is 0.250. The van der Waals surface area contributed by atoms with Crippen LogP contribution in [0.15, 0.2) is 36.7 Å². The van der Waals surface area contributed by atoms with Crippen molar-refractivity contribution >= 4 is 0 Å². The van der Waals surface area contributed by atoms with E-state index in [0.29, 0.717) is 12.1 Å². The number of aromatic nitrogens is 2. The summed E-state index contributed by atoms with van der Waals surface area (Å²) in [6.45, 7) is 1.84. The quantitative estimate of drug-likeness (QED) is 0.787. The van der Waals surface area contributed by atoms with Gasteiger partial charge in [0.2, 0.25) is 0 Å². The van der Waals surface area contributed by atoms with E-state index in [1.807, 2.05) is 0 Å². The summed E-state index contributed by atoms with van der Waals surface area (Å²) in [4.78, 5) is 0. The van der Waals surface area contributed by atoms with E-state index in [2.05, 4.69) is 5.10 Å². The maximum absolute atomic E-state index is 12.7. The molecule has 0 atom stereocenters. The van der Waals surface area contributed by atoms with E-state index in [0.717, 1.165) is 6.07 Å². The van der Waals surface area contributed by atoms with E-state index < -0.39 is 11.7 Å². The van der Waals surface area contributed by atoms with Gasteiger partial charge in [0.05, 0.1) is 12.1 Å². The van der Waals surface area contributed by atoms with E-state index in [9.17, 15) is 13.2 Å². The van der Waals surface area contributed by atoms with Crippen LogP contribution in [-0.2, 0) is 12.7 Å². The molecule has 0 fully saturated rings. The van der Waals surface area contributed by atoms with Gasteiger partial charge in [-0.3, -0.25) is 4.68 Å². The predicted molar refractivity (Wildman–Crippen MR) is 57.5 cm³/mol. The van der Waals surface area contributed by atoms with E-state index in [-0.39, 0.29) is 5.56 Å². The van der Waals surface area contributed by atoms with Gasteiger partial charge in [0.1, 0.15) is 0 Å². The molecular weight excluding hydrogens is 229 g/mol. The molecule has 1 aromatic heterocycles. The average Bonchev–Trinajstić information content (AvgIpc) is 2.72. The summed E-state index contributed by atoms with van der Waals surface area (Å²) in [6.07, 6.45) is -0.979. The highest BCUT2D eigenvalue weighted by Gasteiger charge is 2.32. The van der Waals surface area contributed by atoms with Crippen molar-refractivity contribution in [1.29, 1.82) is 0 Å². The van der Waals surface area contributed by atoms with Gasteiger partial charge in [-0.25, -0.2) is 0 Å². The van der Waals surface area contributed by atoms with Crippen molar-refractivity contribution in [3.63, 3.8) is 0 Å². The highest BCUT2D eigenvalue weighted by molar-refractivity contribution is 5.36. The SMILES string of the molecule is Cc1c(Cn2cccn2)cccc1C(F)(F)F. The molecule has 0 unspecified atom stereocenters. The molecule has 1 aromatic carbocycles. The fourth-order valence-corrected chi connectivity index (χ4v) is 1.73. The predicted octanol–water partition coefficient (Wildman–Crippen LogP) is 3.26. The van der Waals surface area contributed by atoms with E-state index >= 15 is 0 Å². The molecule has 0 aliphatic rings. The molecule has 0 bridgehead atoms. The second-order valence-electron chi connectivity index (χ2n) is 3.79. The first kappa shape index (κ1) is 11.7. The van der Waals surface area contributed by atoms with Crippen molar-refractivity contribution in [3.05, 3.63) is 53.3 Å². The molecule has 0 N–H and O–H groups in total. The Labute approximate surface area is 96.7 Å². The van der Waals surface area contributed by atoms with Crippen LogP contribution in [0.4, 0.5) is 13.2 Å². The summed E-state index contributed by atoms with van der Waals surface area (Å²) in [5, 5.41) is 3.98. The Balaban J connectivity index is 2.36. The second-order valence-corrected chi connectivity index (χ2v) is 3.79. The normalized spacial score (nSPS) is 11.8. The van der Waals surface area contributed by atoms with Crippen molar-refractivity contribution in [2.75, 3.05) is 0 Å². The number of benzene rings is 1. The van der Waals surface area contributed by atoms with E-state index in [4.69, 9.17) is 0 Å². The summed E-state index contributed by atoms with van der Waals surface area (Å²) in [5.41, 5.74) is 0.307. The maximum Gasteiger partial charge on any atom is 0.416 e. The van der Waals surface area contributed by atoms with Crippen LogP contribution in [0.3, 0.4) is 0 Å². The molecule has 17 heavy (non-hydrogen) atoms. The van der Waals surface area contributed by atoms with Crippen LogP contribution < -0.4 is 0 Å². The molecule has 0 saturated carbocycles. The van der Waals surface area contributed by atoms with Crippen LogP contribution in [0, 0.1) is 6.92 Å². The molecule has 1 heterocycles. The van der Waals surface area contributed by atoms with E-state index in [1.54, 1.807) is 29.2 Å². The fourth-order valence-electron chi connectivity index (χ4n) is 1.73. The molecule has 0 amide bonds. The molecule has 0 aliphatic heterocycles. The third-order valence-electron chi connectivity index (χ3n) is 2.64. The second kappa shape index (κ2) is 4.24. The topological polar surface area (TPSA) is 17.8 Å². The Morgan fingerprint density at radius 2 is 2.00 bits per heavy atom. The third kappa shape index (κ3) is 2.49. The molecular formula is C12H11F3N2. The van der Waals surface area contributed by atoms with Gasteiger partial charge in [0.25, 0.3) is 0 Å². The first-order valence-electron chi connectivity index (χ1n) is 5.11. The Morgan fingerprint density at radius 1 is 1.24 bits per heavy atom. The van der Waals surface area contributed by atoms with Gasteiger partial charge in [-0.1, -0.05) is 12.1 Å².